The number of carbonyl (C=O) groups excluding carboxylic acids is 2. The summed E-state index contributed by atoms with van der Waals surface area (Å²) in [5.41, 5.74) is 1.73. The van der Waals surface area contributed by atoms with Gasteiger partial charge in [0, 0.05) is 5.69 Å². The quantitative estimate of drug-likeness (QED) is 0.430. The standard InChI is InChI=1S/C23H19Cl2N5O4S/c1-13(2)14-3-7-16(8-4-14)30-22(31)20(25)21(23(30)32)26-15-5-9-17(10-6-15)35(33,34)29-19-12-11-18(24)27-28-19/h3-13,26H,1-2H3,(H,28,29). The highest BCUT2D eigenvalue weighted by atomic mass is 35.5. The number of hydrogen-bond donors (Lipinski definition) is 2. The molecule has 0 spiro atoms. The summed E-state index contributed by atoms with van der Waals surface area (Å²) in [6, 6.07) is 15.4. The van der Waals surface area contributed by atoms with Crippen LogP contribution in [0.4, 0.5) is 17.2 Å². The maximum Gasteiger partial charge on any atom is 0.283 e. The summed E-state index contributed by atoms with van der Waals surface area (Å²) in [6.07, 6.45) is 0. The van der Waals surface area contributed by atoms with Crippen LogP contribution in [-0.2, 0) is 19.6 Å². The highest BCUT2D eigenvalue weighted by Crippen LogP contribution is 2.31. The zero-order valence-corrected chi connectivity index (χ0v) is 20.8. The highest BCUT2D eigenvalue weighted by molar-refractivity contribution is 7.92. The molecule has 1 aliphatic rings. The van der Waals surface area contributed by atoms with E-state index in [1.807, 2.05) is 26.0 Å². The van der Waals surface area contributed by atoms with Gasteiger partial charge >= 0.3 is 0 Å². The first-order valence-electron chi connectivity index (χ1n) is 10.3. The van der Waals surface area contributed by atoms with Gasteiger partial charge in [-0.05, 0) is 60.0 Å². The fourth-order valence-electron chi connectivity index (χ4n) is 3.28. The minimum absolute atomic E-state index is 0.00474. The smallest absolute Gasteiger partial charge is 0.283 e. The minimum atomic E-state index is -3.95. The number of hydrogen-bond acceptors (Lipinski definition) is 7. The van der Waals surface area contributed by atoms with Crippen molar-refractivity contribution in [1.29, 1.82) is 0 Å². The van der Waals surface area contributed by atoms with Gasteiger partial charge in [-0.2, -0.15) is 0 Å². The Balaban J connectivity index is 1.50. The van der Waals surface area contributed by atoms with Gasteiger partial charge in [0.15, 0.2) is 11.0 Å². The Hall–Kier alpha value is -3.47. The number of sulfonamides is 1. The SMILES string of the molecule is CC(C)c1ccc(N2C(=O)C(Cl)=C(Nc3ccc(S(=O)(=O)Nc4ccc(Cl)nn4)cc3)C2=O)cc1. The van der Waals surface area contributed by atoms with Crippen LogP contribution in [0.15, 0.2) is 76.3 Å². The van der Waals surface area contributed by atoms with Gasteiger partial charge in [-0.15, -0.1) is 10.2 Å². The Morgan fingerprint density at radius 1 is 0.857 bits per heavy atom. The molecular formula is C23H19Cl2N5O4S. The van der Waals surface area contributed by atoms with E-state index in [4.69, 9.17) is 23.2 Å². The predicted octanol–water partition coefficient (Wildman–Crippen LogP) is 4.49. The molecule has 0 bridgehead atoms. The summed E-state index contributed by atoms with van der Waals surface area (Å²) in [6.45, 7) is 4.08. The molecule has 2 aromatic carbocycles. The van der Waals surface area contributed by atoms with Crippen molar-refractivity contribution in [3.05, 3.63) is 82.1 Å². The van der Waals surface area contributed by atoms with Crippen molar-refractivity contribution in [2.24, 2.45) is 0 Å². The van der Waals surface area contributed by atoms with Crippen molar-refractivity contribution in [1.82, 2.24) is 10.2 Å². The van der Waals surface area contributed by atoms with Crippen molar-refractivity contribution >= 4 is 62.2 Å². The van der Waals surface area contributed by atoms with E-state index in [1.165, 1.54) is 36.4 Å². The van der Waals surface area contributed by atoms with E-state index in [2.05, 4.69) is 20.2 Å². The zero-order valence-electron chi connectivity index (χ0n) is 18.5. The van der Waals surface area contributed by atoms with Crippen LogP contribution < -0.4 is 14.9 Å². The molecule has 1 aromatic heterocycles. The van der Waals surface area contributed by atoms with Crippen molar-refractivity contribution in [3.8, 4) is 0 Å². The van der Waals surface area contributed by atoms with Gasteiger partial charge in [-0.25, -0.2) is 13.3 Å². The number of nitrogens with zero attached hydrogens (tertiary/aromatic N) is 3. The van der Waals surface area contributed by atoms with E-state index in [9.17, 15) is 18.0 Å². The minimum Gasteiger partial charge on any atom is -0.350 e. The normalized spacial score (nSPS) is 14.1. The fraction of sp³-hybridized carbons (Fsp3) is 0.130. The van der Waals surface area contributed by atoms with Gasteiger partial charge in [-0.3, -0.25) is 14.3 Å². The van der Waals surface area contributed by atoms with E-state index in [0.29, 0.717) is 17.3 Å². The Morgan fingerprint density at radius 2 is 1.51 bits per heavy atom. The monoisotopic (exact) mass is 531 g/mol. The van der Waals surface area contributed by atoms with Crippen LogP contribution in [0.3, 0.4) is 0 Å². The van der Waals surface area contributed by atoms with E-state index < -0.39 is 21.8 Å². The summed E-state index contributed by atoms with van der Waals surface area (Å²) < 4.78 is 27.5. The highest BCUT2D eigenvalue weighted by Gasteiger charge is 2.39. The van der Waals surface area contributed by atoms with Crippen LogP contribution in [0.1, 0.15) is 25.3 Å². The number of aromatic nitrogens is 2. The van der Waals surface area contributed by atoms with Crippen molar-refractivity contribution in [2.45, 2.75) is 24.7 Å². The second-order valence-corrected chi connectivity index (χ2v) is 10.3. The first-order chi connectivity index (χ1) is 16.6. The molecule has 180 valence electrons. The number of nitrogens with one attached hydrogen (secondary N) is 2. The molecule has 12 heteroatoms. The van der Waals surface area contributed by atoms with E-state index >= 15 is 0 Å². The molecule has 2 N–H and O–H groups in total. The van der Waals surface area contributed by atoms with Crippen molar-refractivity contribution < 1.29 is 18.0 Å². The van der Waals surface area contributed by atoms with Crippen molar-refractivity contribution in [2.75, 3.05) is 14.9 Å². The topological polar surface area (TPSA) is 121 Å². The van der Waals surface area contributed by atoms with Crippen LogP contribution in [0.25, 0.3) is 0 Å². The van der Waals surface area contributed by atoms with Gasteiger partial charge in [0.2, 0.25) is 0 Å². The molecule has 4 rings (SSSR count). The Labute approximate surface area is 211 Å². The summed E-state index contributed by atoms with van der Waals surface area (Å²) in [5, 5.41) is 9.93. The maximum atomic E-state index is 13.0. The third-order valence-corrected chi connectivity index (χ3v) is 7.07. The fourth-order valence-corrected chi connectivity index (χ4v) is 4.59. The van der Waals surface area contributed by atoms with E-state index in [-0.39, 0.29) is 26.6 Å². The molecule has 0 unspecified atom stereocenters. The van der Waals surface area contributed by atoms with E-state index in [0.717, 1.165) is 10.5 Å². The van der Waals surface area contributed by atoms with Gasteiger partial charge in [0.1, 0.15) is 10.7 Å². The maximum absolute atomic E-state index is 13.0. The summed E-state index contributed by atoms with van der Waals surface area (Å²) >= 11 is 11.8. The largest absolute Gasteiger partial charge is 0.350 e. The Morgan fingerprint density at radius 3 is 2.09 bits per heavy atom. The predicted molar refractivity (Wildman–Crippen MR) is 134 cm³/mol. The van der Waals surface area contributed by atoms with Crippen LogP contribution in [-0.4, -0.2) is 30.4 Å². The average Bonchev–Trinajstić information content (AvgIpc) is 3.04. The lowest BCUT2D eigenvalue weighted by Gasteiger charge is -2.16. The first-order valence-corrected chi connectivity index (χ1v) is 12.6. The molecule has 0 saturated heterocycles. The lowest BCUT2D eigenvalue weighted by atomic mass is 10.0. The van der Waals surface area contributed by atoms with Gasteiger partial charge in [0.05, 0.1) is 10.6 Å². The third-order valence-electron chi connectivity index (χ3n) is 5.15. The number of amides is 2. The first kappa shape index (κ1) is 24.6. The van der Waals surface area contributed by atoms with Crippen LogP contribution in [0.5, 0.6) is 0 Å². The number of halogens is 2. The number of benzene rings is 2. The summed E-state index contributed by atoms with van der Waals surface area (Å²) in [7, 11) is -3.95. The summed E-state index contributed by atoms with van der Waals surface area (Å²) in [4.78, 5) is 26.6. The molecule has 3 aromatic rings. The zero-order chi connectivity index (χ0) is 25.3. The molecular weight excluding hydrogens is 513 g/mol. The Kier molecular flexibility index (Phi) is 6.79. The van der Waals surface area contributed by atoms with Gasteiger partial charge in [-0.1, -0.05) is 49.2 Å². The molecule has 0 atom stereocenters. The van der Waals surface area contributed by atoms with Crippen LogP contribution >= 0.6 is 23.2 Å². The van der Waals surface area contributed by atoms with Crippen LogP contribution in [0.2, 0.25) is 5.15 Å². The molecule has 0 fully saturated rings. The Bertz CT molecular complexity index is 1420. The van der Waals surface area contributed by atoms with Crippen molar-refractivity contribution in [3.63, 3.8) is 0 Å². The lowest BCUT2D eigenvalue weighted by Crippen LogP contribution is -2.32. The molecule has 2 amide bonds. The molecule has 2 heterocycles. The molecule has 35 heavy (non-hydrogen) atoms. The second kappa shape index (κ2) is 9.65. The molecule has 0 radical (unpaired) electrons. The summed E-state index contributed by atoms with van der Waals surface area (Å²) in [5.74, 6) is -0.958. The average molecular weight is 532 g/mol. The molecule has 9 nitrogen and oxygen atoms in total. The second-order valence-electron chi connectivity index (χ2n) is 7.88. The molecule has 0 saturated carbocycles. The molecule has 0 aliphatic carbocycles. The number of anilines is 3. The lowest BCUT2D eigenvalue weighted by molar-refractivity contribution is -0.120. The number of rotatable bonds is 7. The molecule has 1 aliphatic heterocycles. The number of carbonyl (C=O) groups is 2. The van der Waals surface area contributed by atoms with E-state index in [1.54, 1.807) is 12.1 Å². The van der Waals surface area contributed by atoms with Crippen LogP contribution in [0, 0.1) is 0 Å². The third kappa shape index (κ3) is 5.14. The van der Waals surface area contributed by atoms with Gasteiger partial charge < -0.3 is 5.32 Å². The number of imide groups is 1. The van der Waals surface area contributed by atoms with Gasteiger partial charge in [0.25, 0.3) is 21.8 Å².